The van der Waals surface area contributed by atoms with Gasteiger partial charge in [-0.1, -0.05) is 41.9 Å². The van der Waals surface area contributed by atoms with Crippen LogP contribution in [0.15, 0.2) is 89.7 Å². The fourth-order valence-electron chi connectivity index (χ4n) is 4.73. The molecule has 0 aliphatic carbocycles. The van der Waals surface area contributed by atoms with Crippen LogP contribution < -0.4 is 30.3 Å². The van der Waals surface area contributed by atoms with Crippen LogP contribution in [0.5, 0.6) is 17.2 Å². The second-order valence-electron chi connectivity index (χ2n) is 10.2. The van der Waals surface area contributed by atoms with Gasteiger partial charge in [0.05, 0.1) is 31.5 Å². The maximum Gasteiger partial charge on any atom is 0.337 e. The van der Waals surface area contributed by atoms with Gasteiger partial charge in [0.25, 0.3) is 0 Å². The van der Waals surface area contributed by atoms with E-state index in [-0.39, 0.29) is 12.2 Å². The number of hydrogen-bond acceptors (Lipinski definition) is 9. The van der Waals surface area contributed by atoms with Crippen LogP contribution in [-0.2, 0) is 22.6 Å². The van der Waals surface area contributed by atoms with Gasteiger partial charge in [-0.05, 0) is 73.4 Å². The number of hydrogen-bond donors (Lipinski definition) is 4. The molecular formula is C34H37ClN4O7. The predicted octanol–water partition coefficient (Wildman–Crippen LogP) is 5.17. The lowest BCUT2D eigenvalue weighted by Crippen LogP contribution is -2.45. The largest absolute Gasteiger partial charge is 0.490 e. The van der Waals surface area contributed by atoms with Crippen molar-refractivity contribution in [2.75, 3.05) is 20.3 Å². The SMILES string of the molecule is C=CCc1cc(/C=N\N[C@@H](O)COc2ccc([C@H]3NC(=O)NC(C)=C3C(=O)OC)cc2OCC)ccc1OCc1ccccc1Cl. The molecule has 4 rings (SSSR count). The van der Waals surface area contributed by atoms with Gasteiger partial charge in [-0.15, -0.1) is 6.58 Å². The van der Waals surface area contributed by atoms with Gasteiger partial charge in [-0.25, -0.2) is 9.59 Å². The van der Waals surface area contributed by atoms with Crippen LogP contribution >= 0.6 is 11.6 Å². The molecule has 0 fully saturated rings. The zero-order valence-corrected chi connectivity index (χ0v) is 26.6. The summed E-state index contributed by atoms with van der Waals surface area (Å²) in [6.07, 6.45) is 2.82. The number of carbonyl (C=O) groups excluding carboxylic acids is 2. The van der Waals surface area contributed by atoms with Gasteiger partial charge in [-0.3, -0.25) is 5.43 Å². The number of urea groups is 1. The summed E-state index contributed by atoms with van der Waals surface area (Å²) in [6, 6.07) is 17.0. The van der Waals surface area contributed by atoms with E-state index in [9.17, 15) is 14.7 Å². The first-order chi connectivity index (χ1) is 22.2. The van der Waals surface area contributed by atoms with Crippen molar-refractivity contribution in [2.24, 2.45) is 5.10 Å². The molecule has 0 bridgehead atoms. The maximum atomic E-state index is 12.5. The highest BCUT2D eigenvalue weighted by molar-refractivity contribution is 6.31. The molecule has 11 nitrogen and oxygen atoms in total. The number of rotatable bonds is 15. The zero-order valence-electron chi connectivity index (χ0n) is 25.8. The van der Waals surface area contributed by atoms with Crippen LogP contribution in [-0.4, -0.2) is 49.9 Å². The van der Waals surface area contributed by atoms with Crippen molar-refractivity contribution < 1.29 is 33.6 Å². The molecule has 0 spiro atoms. The predicted molar refractivity (Wildman–Crippen MR) is 175 cm³/mol. The molecule has 2 amide bonds. The normalized spacial score (nSPS) is 15.1. The van der Waals surface area contributed by atoms with Gasteiger partial charge in [-0.2, -0.15) is 5.10 Å². The minimum Gasteiger partial charge on any atom is -0.490 e. The number of aliphatic hydroxyl groups excluding tert-OH is 1. The standard InChI is InChI=1S/C34H37ClN4O7/c1-5-9-23-16-22(12-14-27(23)45-19-25-10-7-8-11-26(25)35)18-36-39-30(40)20-46-28-15-13-24(17-29(28)44-6-2)32-31(33(41)43-4)21(3)37-34(42)38-32/h5,7-8,10-18,30,32,39-40H,1,6,9,19-20H2,2-4H3,(H2,37,38,42)/b36-18-/t30-,32+/m0/s1. The van der Waals surface area contributed by atoms with Crippen LogP contribution in [0.4, 0.5) is 4.79 Å². The average molecular weight is 649 g/mol. The van der Waals surface area contributed by atoms with E-state index in [4.69, 9.17) is 30.5 Å². The van der Waals surface area contributed by atoms with Gasteiger partial charge >= 0.3 is 12.0 Å². The highest BCUT2D eigenvalue weighted by atomic mass is 35.5. The third-order valence-electron chi connectivity index (χ3n) is 6.90. The molecule has 242 valence electrons. The molecule has 3 aromatic rings. The summed E-state index contributed by atoms with van der Waals surface area (Å²) in [5, 5.41) is 20.6. The summed E-state index contributed by atoms with van der Waals surface area (Å²) >= 11 is 6.26. The number of methoxy groups -OCH3 is 1. The van der Waals surface area contributed by atoms with E-state index < -0.39 is 24.3 Å². The average Bonchev–Trinajstić information content (AvgIpc) is 3.04. The number of amides is 2. The van der Waals surface area contributed by atoms with E-state index >= 15 is 0 Å². The molecule has 0 saturated carbocycles. The first kappa shape index (κ1) is 33.9. The number of benzene rings is 3. The van der Waals surface area contributed by atoms with Crippen LogP contribution in [0.2, 0.25) is 5.02 Å². The molecule has 0 unspecified atom stereocenters. The fraction of sp³-hybridized carbons (Fsp3) is 0.265. The number of ether oxygens (including phenoxy) is 4. The fourth-order valence-corrected chi connectivity index (χ4v) is 4.92. The van der Waals surface area contributed by atoms with Crippen LogP contribution in [0.25, 0.3) is 0 Å². The van der Waals surface area contributed by atoms with Crippen molar-refractivity contribution in [1.29, 1.82) is 0 Å². The van der Waals surface area contributed by atoms with Crippen molar-refractivity contribution in [1.82, 2.24) is 16.1 Å². The number of allylic oxidation sites excluding steroid dienone is 2. The first-order valence-corrected chi connectivity index (χ1v) is 14.9. The lowest BCUT2D eigenvalue weighted by molar-refractivity contribution is -0.136. The number of carbonyl (C=O) groups is 2. The van der Waals surface area contributed by atoms with Crippen LogP contribution in [0.1, 0.15) is 42.1 Å². The van der Waals surface area contributed by atoms with Crippen molar-refractivity contribution in [3.63, 3.8) is 0 Å². The highest BCUT2D eigenvalue weighted by Crippen LogP contribution is 2.35. The van der Waals surface area contributed by atoms with Gasteiger partial charge < -0.3 is 34.7 Å². The minimum absolute atomic E-state index is 0.149. The minimum atomic E-state index is -1.14. The van der Waals surface area contributed by atoms with E-state index in [1.165, 1.54) is 7.11 Å². The number of halogens is 1. The lowest BCUT2D eigenvalue weighted by Gasteiger charge is -2.28. The van der Waals surface area contributed by atoms with Crippen molar-refractivity contribution >= 4 is 29.8 Å². The third kappa shape index (κ3) is 8.80. The Kier molecular flexibility index (Phi) is 12.0. The molecule has 3 aromatic carbocycles. The summed E-state index contributed by atoms with van der Waals surface area (Å²) in [5.74, 6) is 0.872. The first-order valence-electron chi connectivity index (χ1n) is 14.6. The Morgan fingerprint density at radius 3 is 2.61 bits per heavy atom. The third-order valence-corrected chi connectivity index (χ3v) is 7.27. The molecule has 1 aliphatic rings. The Bertz CT molecular complexity index is 1620. The molecule has 4 N–H and O–H groups in total. The van der Waals surface area contributed by atoms with Crippen molar-refractivity contribution in [2.45, 2.75) is 39.1 Å². The molecule has 1 aliphatic heterocycles. The number of aliphatic hydroxyl groups is 1. The summed E-state index contributed by atoms with van der Waals surface area (Å²) in [6.45, 7) is 7.80. The van der Waals surface area contributed by atoms with E-state index in [2.05, 4.69) is 27.7 Å². The summed E-state index contributed by atoms with van der Waals surface area (Å²) in [4.78, 5) is 24.6. The highest BCUT2D eigenvalue weighted by Gasteiger charge is 2.32. The monoisotopic (exact) mass is 648 g/mol. The van der Waals surface area contributed by atoms with Crippen molar-refractivity contribution in [3.8, 4) is 17.2 Å². The molecule has 0 saturated heterocycles. The number of esters is 1. The van der Waals surface area contributed by atoms with Gasteiger partial charge in [0.1, 0.15) is 19.0 Å². The molecule has 2 atom stereocenters. The Morgan fingerprint density at radius 1 is 1.09 bits per heavy atom. The zero-order chi connectivity index (χ0) is 33.1. The van der Waals surface area contributed by atoms with E-state index in [1.807, 2.05) is 49.4 Å². The number of hydrazone groups is 1. The maximum absolute atomic E-state index is 12.5. The molecule has 12 heteroatoms. The summed E-state index contributed by atoms with van der Waals surface area (Å²) in [5.41, 5.74) is 6.50. The molecule has 1 heterocycles. The Labute approximate surface area is 272 Å². The van der Waals surface area contributed by atoms with E-state index in [1.54, 1.807) is 37.4 Å². The molecule has 0 radical (unpaired) electrons. The van der Waals surface area contributed by atoms with Crippen LogP contribution in [0, 0.1) is 0 Å². The van der Waals surface area contributed by atoms with Crippen molar-refractivity contribution in [3.05, 3.63) is 112 Å². The smallest absolute Gasteiger partial charge is 0.337 e. The second kappa shape index (κ2) is 16.4. The Morgan fingerprint density at radius 2 is 1.87 bits per heavy atom. The number of nitrogens with one attached hydrogen (secondary N) is 3. The topological polar surface area (TPSA) is 140 Å². The van der Waals surface area contributed by atoms with Gasteiger partial charge in [0, 0.05) is 16.3 Å². The lowest BCUT2D eigenvalue weighted by atomic mass is 9.95. The van der Waals surface area contributed by atoms with E-state index in [0.29, 0.717) is 53.2 Å². The van der Waals surface area contributed by atoms with Gasteiger partial charge in [0.2, 0.25) is 0 Å². The Hall–Kier alpha value is -5.00. The molecule has 46 heavy (non-hydrogen) atoms. The van der Waals surface area contributed by atoms with Crippen LogP contribution in [0.3, 0.4) is 0 Å². The molecular weight excluding hydrogens is 612 g/mol. The van der Waals surface area contributed by atoms with E-state index in [0.717, 1.165) is 16.7 Å². The summed E-state index contributed by atoms with van der Waals surface area (Å²) in [7, 11) is 1.28. The quantitative estimate of drug-likeness (QED) is 0.0582. The second-order valence-corrected chi connectivity index (χ2v) is 10.6. The summed E-state index contributed by atoms with van der Waals surface area (Å²) < 4.78 is 22.5. The number of nitrogens with zero attached hydrogens (tertiary/aromatic N) is 1. The Balaban J connectivity index is 1.38. The van der Waals surface area contributed by atoms with Gasteiger partial charge in [0.15, 0.2) is 17.7 Å². The molecule has 0 aromatic heterocycles.